The Bertz CT molecular complexity index is 311. The number of amides is 2. The Morgan fingerprint density at radius 3 is 1.83 bits per heavy atom. The van der Waals surface area contributed by atoms with Crippen LogP contribution in [0.25, 0.3) is 0 Å². The normalized spacial score (nSPS) is 12.6. The van der Waals surface area contributed by atoms with E-state index in [4.69, 9.17) is 0 Å². The molecular weight excluding hydrogens is 308 g/mol. The first-order valence-electron chi connectivity index (χ1n) is 9.39. The number of carbonyl (C=O) groups is 2. The molecule has 0 saturated carbocycles. The minimum atomic E-state index is -0.612. The van der Waals surface area contributed by atoms with Crippen molar-refractivity contribution in [2.24, 2.45) is 0 Å². The van der Waals surface area contributed by atoms with Gasteiger partial charge < -0.3 is 20.8 Å². The highest BCUT2D eigenvalue weighted by atomic mass is 16.3. The first kappa shape index (κ1) is 25.1. The number of carbonyl (C=O) groups excluding carboxylic acids is 2. The van der Waals surface area contributed by atoms with Crippen LogP contribution < -0.4 is 10.6 Å². The Hall–Kier alpha value is -1.14. The van der Waals surface area contributed by atoms with E-state index in [1.54, 1.807) is 0 Å². The Balaban J connectivity index is 0. The quantitative estimate of drug-likeness (QED) is 0.384. The maximum absolute atomic E-state index is 11.6. The fraction of sp³-hybridized carbons (Fsp3) is 0.889. The van der Waals surface area contributed by atoms with E-state index in [-0.39, 0.29) is 24.7 Å². The van der Waals surface area contributed by atoms with Gasteiger partial charge in [-0.15, -0.1) is 0 Å². The molecule has 0 bridgehead atoms. The van der Waals surface area contributed by atoms with Gasteiger partial charge in [-0.1, -0.05) is 40.5 Å². The Morgan fingerprint density at radius 2 is 1.33 bits per heavy atom. The molecule has 2 atom stereocenters. The van der Waals surface area contributed by atoms with Gasteiger partial charge in [0, 0.05) is 25.9 Å². The number of hydrogen-bond donors (Lipinski definition) is 4. The number of hydrogen-bond acceptors (Lipinski definition) is 4. The predicted octanol–water partition coefficient (Wildman–Crippen LogP) is 2.13. The number of nitrogens with one attached hydrogen (secondary N) is 2. The molecule has 2 unspecified atom stereocenters. The minimum Gasteiger partial charge on any atom is -0.393 e. The highest BCUT2D eigenvalue weighted by molar-refractivity contribution is 5.83. The molecule has 144 valence electrons. The van der Waals surface area contributed by atoms with E-state index in [1.807, 2.05) is 20.8 Å². The van der Waals surface area contributed by atoms with Crippen molar-refractivity contribution in [3.8, 4) is 0 Å². The second-order valence-corrected chi connectivity index (χ2v) is 5.67. The molecular formula is C18H38N2O4. The molecule has 0 fully saturated rings. The lowest BCUT2D eigenvalue weighted by Gasteiger charge is -2.15. The minimum absolute atomic E-state index is 0.105. The van der Waals surface area contributed by atoms with E-state index in [2.05, 4.69) is 17.6 Å². The van der Waals surface area contributed by atoms with Crippen molar-refractivity contribution in [1.29, 1.82) is 0 Å². The van der Waals surface area contributed by atoms with Gasteiger partial charge in [0.15, 0.2) is 0 Å². The smallest absolute Gasteiger partial charge is 0.220 e. The third-order valence-corrected chi connectivity index (χ3v) is 3.40. The van der Waals surface area contributed by atoms with Crippen molar-refractivity contribution in [2.75, 3.05) is 13.1 Å². The van der Waals surface area contributed by atoms with Gasteiger partial charge in [0.1, 0.15) is 0 Å². The molecule has 0 aromatic heterocycles. The molecule has 4 N–H and O–H groups in total. The zero-order chi connectivity index (χ0) is 18.8. The fourth-order valence-corrected chi connectivity index (χ4v) is 2.07. The van der Waals surface area contributed by atoms with Crippen molar-refractivity contribution in [1.82, 2.24) is 10.6 Å². The summed E-state index contributed by atoms with van der Waals surface area (Å²) in [5.41, 5.74) is 0. The summed E-state index contributed by atoms with van der Waals surface area (Å²) in [4.78, 5) is 23.0. The first-order chi connectivity index (χ1) is 11.5. The van der Waals surface area contributed by atoms with Crippen LogP contribution in [0.2, 0.25) is 0 Å². The van der Waals surface area contributed by atoms with Crippen LogP contribution in [0.3, 0.4) is 0 Å². The van der Waals surface area contributed by atoms with E-state index >= 15 is 0 Å². The lowest BCUT2D eigenvalue weighted by molar-refractivity contribution is -0.126. The second-order valence-electron chi connectivity index (χ2n) is 5.67. The van der Waals surface area contributed by atoms with Gasteiger partial charge in [0.05, 0.1) is 12.2 Å². The molecule has 0 rings (SSSR count). The van der Waals surface area contributed by atoms with E-state index in [1.165, 1.54) is 0 Å². The van der Waals surface area contributed by atoms with Crippen LogP contribution in [-0.4, -0.2) is 47.3 Å². The van der Waals surface area contributed by atoms with Crippen molar-refractivity contribution in [2.45, 2.75) is 91.3 Å². The van der Waals surface area contributed by atoms with Gasteiger partial charge in [0.25, 0.3) is 0 Å². The molecule has 0 aliphatic carbocycles. The second kappa shape index (κ2) is 18.2. The molecule has 0 aromatic carbocycles. The number of aliphatic hydroxyl groups excluding tert-OH is 2. The zero-order valence-corrected chi connectivity index (χ0v) is 15.9. The monoisotopic (exact) mass is 346 g/mol. The zero-order valence-electron chi connectivity index (χ0n) is 15.9. The molecule has 0 aromatic rings. The molecule has 6 nitrogen and oxygen atoms in total. The van der Waals surface area contributed by atoms with Gasteiger partial charge >= 0.3 is 0 Å². The summed E-state index contributed by atoms with van der Waals surface area (Å²) in [5.74, 6) is -0.293. The molecule has 0 spiro atoms. The van der Waals surface area contributed by atoms with Gasteiger partial charge in [-0.05, 0) is 25.7 Å². The lowest BCUT2D eigenvalue weighted by Crippen LogP contribution is -2.30. The molecule has 6 heteroatoms. The van der Waals surface area contributed by atoms with Crippen LogP contribution >= 0.6 is 0 Å². The Kier molecular flexibility index (Phi) is 19.0. The Morgan fingerprint density at radius 1 is 0.833 bits per heavy atom. The standard InChI is InChI=1S/C16H32N2O4.C2H6/c1-3-5-10-17-15(21)7-8-16(22)18-11-9-14(20)12-13(19)6-4-2;1-2/h13-14,19-20H,3-12H2,1-2H3,(H,17,21)(H,18,22);1-2H3. The summed E-state index contributed by atoms with van der Waals surface area (Å²) in [5, 5.41) is 24.7. The van der Waals surface area contributed by atoms with Crippen LogP contribution in [0.5, 0.6) is 0 Å². The van der Waals surface area contributed by atoms with Crippen molar-refractivity contribution in [3.63, 3.8) is 0 Å². The maximum Gasteiger partial charge on any atom is 0.220 e. The largest absolute Gasteiger partial charge is 0.393 e. The third-order valence-electron chi connectivity index (χ3n) is 3.40. The van der Waals surface area contributed by atoms with E-state index < -0.39 is 12.2 Å². The number of aliphatic hydroxyl groups is 2. The fourth-order valence-electron chi connectivity index (χ4n) is 2.07. The van der Waals surface area contributed by atoms with Gasteiger partial charge in [-0.2, -0.15) is 0 Å². The SMILES string of the molecule is CC.CCCCNC(=O)CCC(=O)NCCC(O)CC(O)CCC. The van der Waals surface area contributed by atoms with Crippen molar-refractivity contribution in [3.05, 3.63) is 0 Å². The van der Waals surface area contributed by atoms with Gasteiger partial charge in [0.2, 0.25) is 11.8 Å². The highest BCUT2D eigenvalue weighted by Gasteiger charge is 2.12. The molecule has 0 saturated heterocycles. The third kappa shape index (κ3) is 17.2. The summed E-state index contributed by atoms with van der Waals surface area (Å²) < 4.78 is 0. The molecule has 0 radical (unpaired) electrons. The summed E-state index contributed by atoms with van der Waals surface area (Å²) >= 11 is 0. The molecule has 0 aliphatic heterocycles. The number of rotatable bonds is 13. The lowest BCUT2D eigenvalue weighted by atomic mass is 10.1. The van der Waals surface area contributed by atoms with Crippen LogP contribution in [0, 0.1) is 0 Å². The van der Waals surface area contributed by atoms with Gasteiger partial charge in [-0.25, -0.2) is 0 Å². The van der Waals surface area contributed by atoms with Gasteiger partial charge in [-0.3, -0.25) is 9.59 Å². The summed E-state index contributed by atoms with van der Waals surface area (Å²) in [7, 11) is 0. The average Bonchev–Trinajstić information content (AvgIpc) is 2.55. The van der Waals surface area contributed by atoms with E-state index in [9.17, 15) is 19.8 Å². The van der Waals surface area contributed by atoms with Crippen LogP contribution in [-0.2, 0) is 9.59 Å². The highest BCUT2D eigenvalue weighted by Crippen LogP contribution is 2.07. The molecule has 0 heterocycles. The number of unbranched alkanes of at least 4 members (excludes halogenated alkanes) is 1. The summed E-state index contributed by atoms with van der Waals surface area (Å²) in [6.07, 6.45) is 3.53. The van der Waals surface area contributed by atoms with E-state index in [0.717, 1.165) is 19.3 Å². The van der Waals surface area contributed by atoms with Crippen LogP contribution in [0.15, 0.2) is 0 Å². The molecule has 2 amide bonds. The van der Waals surface area contributed by atoms with E-state index in [0.29, 0.717) is 32.4 Å². The first-order valence-corrected chi connectivity index (χ1v) is 9.39. The molecule has 24 heavy (non-hydrogen) atoms. The maximum atomic E-state index is 11.6. The average molecular weight is 347 g/mol. The topological polar surface area (TPSA) is 98.7 Å². The summed E-state index contributed by atoms with van der Waals surface area (Å²) in [6, 6.07) is 0. The van der Waals surface area contributed by atoms with Crippen molar-refractivity contribution < 1.29 is 19.8 Å². The van der Waals surface area contributed by atoms with Crippen LogP contribution in [0.4, 0.5) is 0 Å². The van der Waals surface area contributed by atoms with Crippen LogP contribution in [0.1, 0.15) is 79.1 Å². The van der Waals surface area contributed by atoms with Crippen molar-refractivity contribution >= 4 is 11.8 Å². The Labute approximate surface area is 147 Å². The molecule has 0 aliphatic rings. The summed E-state index contributed by atoms with van der Waals surface area (Å²) in [6.45, 7) is 9.04. The predicted molar refractivity (Wildman–Crippen MR) is 97.7 cm³/mol.